The second-order valence-corrected chi connectivity index (χ2v) is 5.05. The lowest BCUT2D eigenvalue weighted by molar-refractivity contribution is -0.385. The Kier molecular flexibility index (Phi) is 4.77. The number of halogens is 1. The summed E-state index contributed by atoms with van der Waals surface area (Å²) >= 11 is 6.09. The Morgan fingerprint density at radius 3 is 2.76 bits per heavy atom. The minimum Gasteiger partial charge on any atom is -0.392 e. The van der Waals surface area contributed by atoms with Crippen LogP contribution >= 0.6 is 11.6 Å². The van der Waals surface area contributed by atoms with Crippen LogP contribution in [0.4, 0.5) is 11.4 Å². The summed E-state index contributed by atoms with van der Waals surface area (Å²) < 4.78 is 0. The van der Waals surface area contributed by atoms with Crippen molar-refractivity contribution in [3.8, 4) is 0 Å². The van der Waals surface area contributed by atoms with Gasteiger partial charge >= 0.3 is 0 Å². The van der Waals surface area contributed by atoms with Gasteiger partial charge in [-0.15, -0.1) is 0 Å². The topological polar surface area (TPSA) is 75.4 Å². The summed E-state index contributed by atoms with van der Waals surface area (Å²) in [6.07, 6.45) is 0. The van der Waals surface area contributed by atoms with Crippen molar-refractivity contribution in [2.75, 3.05) is 5.32 Å². The summed E-state index contributed by atoms with van der Waals surface area (Å²) in [6, 6.07) is 10.2. The first-order chi connectivity index (χ1) is 10.0. The molecule has 0 unspecified atom stereocenters. The van der Waals surface area contributed by atoms with Gasteiger partial charge in [0.15, 0.2) is 0 Å². The molecule has 0 atom stereocenters. The minimum atomic E-state index is -0.391. The maximum atomic E-state index is 10.9. The normalized spacial score (nSPS) is 10.4. The number of rotatable bonds is 5. The van der Waals surface area contributed by atoms with E-state index in [-0.39, 0.29) is 12.3 Å². The van der Waals surface area contributed by atoms with Crippen LogP contribution in [0.3, 0.4) is 0 Å². The predicted molar refractivity (Wildman–Crippen MR) is 82.5 cm³/mol. The van der Waals surface area contributed by atoms with Crippen molar-refractivity contribution in [3.05, 3.63) is 68.2 Å². The second-order valence-electron chi connectivity index (χ2n) is 4.64. The van der Waals surface area contributed by atoms with E-state index < -0.39 is 4.92 Å². The van der Waals surface area contributed by atoms with Gasteiger partial charge in [0.1, 0.15) is 0 Å². The predicted octanol–water partition coefficient (Wildman–Crippen LogP) is 3.66. The average molecular weight is 307 g/mol. The van der Waals surface area contributed by atoms with Crippen LogP contribution < -0.4 is 5.32 Å². The third-order valence-corrected chi connectivity index (χ3v) is 3.63. The number of nitrogens with zero attached hydrogens (tertiary/aromatic N) is 1. The number of nitrogens with one attached hydrogen (secondary N) is 1. The molecule has 0 aliphatic heterocycles. The molecule has 0 radical (unpaired) electrons. The van der Waals surface area contributed by atoms with Gasteiger partial charge in [0.2, 0.25) is 0 Å². The zero-order chi connectivity index (χ0) is 15.4. The Bertz CT molecular complexity index is 674. The van der Waals surface area contributed by atoms with Crippen LogP contribution in [0.2, 0.25) is 5.02 Å². The Hall–Kier alpha value is -2.11. The molecule has 6 heteroatoms. The molecule has 0 heterocycles. The number of hydrogen-bond acceptors (Lipinski definition) is 4. The maximum absolute atomic E-state index is 10.9. The molecular formula is C15H15ClN2O3. The van der Waals surface area contributed by atoms with E-state index in [1.807, 2.05) is 6.07 Å². The maximum Gasteiger partial charge on any atom is 0.272 e. The number of hydrogen-bond donors (Lipinski definition) is 2. The monoisotopic (exact) mass is 306 g/mol. The number of nitro benzene ring substituents is 1. The summed E-state index contributed by atoms with van der Waals surface area (Å²) in [4.78, 5) is 10.5. The van der Waals surface area contributed by atoms with E-state index in [9.17, 15) is 10.1 Å². The lowest BCUT2D eigenvalue weighted by atomic mass is 10.1. The molecule has 0 saturated carbocycles. The highest BCUT2D eigenvalue weighted by Gasteiger charge is 2.13. The van der Waals surface area contributed by atoms with Gasteiger partial charge in [0, 0.05) is 18.2 Å². The number of nitro groups is 1. The van der Waals surface area contributed by atoms with Crippen LogP contribution in [-0.4, -0.2) is 10.0 Å². The van der Waals surface area contributed by atoms with Crippen molar-refractivity contribution in [2.24, 2.45) is 0 Å². The van der Waals surface area contributed by atoms with E-state index >= 15 is 0 Å². The van der Waals surface area contributed by atoms with Gasteiger partial charge in [-0.1, -0.05) is 29.8 Å². The van der Waals surface area contributed by atoms with Crippen LogP contribution in [-0.2, 0) is 13.2 Å². The van der Waals surface area contributed by atoms with E-state index in [4.69, 9.17) is 16.7 Å². The molecule has 2 N–H and O–H groups in total. The van der Waals surface area contributed by atoms with Crippen molar-refractivity contribution >= 4 is 23.0 Å². The summed E-state index contributed by atoms with van der Waals surface area (Å²) in [7, 11) is 0. The first-order valence-electron chi connectivity index (χ1n) is 6.39. The van der Waals surface area contributed by atoms with Crippen LogP contribution in [0, 0.1) is 17.0 Å². The van der Waals surface area contributed by atoms with Crippen LogP contribution in [0.15, 0.2) is 36.4 Å². The van der Waals surface area contributed by atoms with Crippen molar-refractivity contribution < 1.29 is 10.0 Å². The van der Waals surface area contributed by atoms with E-state index in [1.54, 1.807) is 31.2 Å². The first kappa shape index (κ1) is 15.3. The SMILES string of the molecule is Cc1c(CNc2cc(CO)ccc2Cl)cccc1[N+](=O)[O-]. The molecule has 110 valence electrons. The number of aliphatic hydroxyl groups is 1. The summed E-state index contributed by atoms with van der Waals surface area (Å²) in [5, 5.41) is 23.7. The van der Waals surface area contributed by atoms with Crippen molar-refractivity contribution in [1.82, 2.24) is 0 Å². The van der Waals surface area contributed by atoms with Crippen LogP contribution in [0.1, 0.15) is 16.7 Å². The number of benzene rings is 2. The lowest BCUT2D eigenvalue weighted by Crippen LogP contribution is -2.04. The van der Waals surface area contributed by atoms with Crippen molar-refractivity contribution in [2.45, 2.75) is 20.1 Å². The average Bonchev–Trinajstić information content (AvgIpc) is 2.47. The molecule has 2 aromatic carbocycles. The lowest BCUT2D eigenvalue weighted by Gasteiger charge is -2.11. The van der Waals surface area contributed by atoms with Gasteiger partial charge in [0.25, 0.3) is 5.69 Å². The largest absolute Gasteiger partial charge is 0.392 e. The molecule has 0 fully saturated rings. The Labute approximate surface area is 127 Å². The fraction of sp³-hybridized carbons (Fsp3) is 0.200. The smallest absolute Gasteiger partial charge is 0.272 e. The van der Waals surface area contributed by atoms with Gasteiger partial charge in [0.05, 0.1) is 22.2 Å². The molecule has 2 rings (SSSR count). The van der Waals surface area contributed by atoms with E-state index in [0.29, 0.717) is 22.8 Å². The summed E-state index contributed by atoms with van der Waals surface area (Å²) in [6.45, 7) is 2.07. The molecule has 0 aliphatic carbocycles. The van der Waals surface area contributed by atoms with E-state index in [1.165, 1.54) is 6.07 Å². The zero-order valence-electron chi connectivity index (χ0n) is 11.5. The molecule has 5 nitrogen and oxygen atoms in total. The molecule has 0 amide bonds. The number of aliphatic hydroxyl groups excluding tert-OH is 1. The van der Waals surface area contributed by atoms with Crippen LogP contribution in [0.5, 0.6) is 0 Å². The third kappa shape index (κ3) is 3.51. The highest BCUT2D eigenvalue weighted by molar-refractivity contribution is 6.33. The standard InChI is InChI=1S/C15H15ClN2O3/c1-10-12(3-2-4-15(10)18(20)21)8-17-14-7-11(9-19)5-6-13(14)16/h2-7,17,19H,8-9H2,1H3. The zero-order valence-corrected chi connectivity index (χ0v) is 12.2. The Balaban J connectivity index is 2.21. The Morgan fingerprint density at radius 1 is 1.33 bits per heavy atom. The molecule has 0 aromatic heterocycles. The Morgan fingerprint density at radius 2 is 2.10 bits per heavy atom. The minimum absolute atomic E-state index is 0.0678. The van der Waals surface area contributed by atoms with Gasteiger partial charge in [-0.3, -0.25) is 10.1 Å². The quantitative estimate of drug-likeness (QED) is 0.653. The van der Waals surface area contributed by atoms with Crippen molar-refractivity contribution in [1.29, 1.82) is 0 Å². The molecule has 0 saturated heterocycles. The van der Waals surface area contributed by atoms with E-state index in [0.717, 1.165) is 11.1 Å². The molecule has 0 aliphatic rings. The molecule has 0 spiro atoms. The van der Waals surface area contributed by atoms with Gasteiger partial charge < -0.3 is 10.4 Å². The molecule has 21 heavy (non-hydrogen) atoms. The fourth-order valence-corrected chi connectivity index (χ4v) is 2.24. The van der Waals surface area contributed by atoms with E-state index in [2.05, 4.69) is 5.32 Å². The van der Waals surface area contributed by atoms with Gasteiger partial charge in [-0.25, -0.2) is 0 Å². The molecular weight excluding hydrogens is 292 g/mol. The second kappa shape index (κ2) is 6.56. The highest BCUT2D eigenvalue weighted by Crippen LogP contribution is 2.26. The summed E-state index contributed by atoms with van der Waals surface area (Å²) in [5.74, 6) is 0. The van der Waals surface area contributed by atoms with Crippen LogP contribution in [0.25, 0.3) is 0 Å². The third-order valence-electron chi connectivity index (χ3n) is 3.30. The van der Waals surface area contributed by atoms with Gasteiger partial charge in [-0.2, -0.15) is 0 Å². The summed E-state index contributed by atoms with van der Waals surface area (Å²) in [5.41, 5.74) is 3.00. The van der Waals surface area contributed by atoms with Gasteiger partial charge in [-0.05, 0) is 30.2 Å². The highest BCUT2D eigenvalue weighted by atomic mass is 35.5. The fourth-order valence-electron chi connectivity index (χ4n) is 2.06. The molecule has 0 bridgehead atoms. The number of anilines is 1. The first-order valence-corrected chi connectivity index (χ1v) is 6.76. The van der Waals surface area contributed by atoms with Crippen molar-refractivity contribution in [3.63, 3.8) is 0 Å². The molecule has 2 aromatic rings.